The lowest BCUT2D eigenvalue weighted by atomic mass is 10.1. The highest BCUT2D eigenvalue weighted by molar-refractivity contribution is 9.10. The molecule has 2 rings (SSSR count). The van der Waals surface area contributed by atoms with Gasteiger partial charge in [-0.3, -0.25) is 4.79 Å². The van der Waals surface area contributed by atoms with Crippen molar-refractivity contribution in [1.82, 2.24) is 4.90 Å². The topological polar surface area (TPSA) is 20.3 Å². The number of halogens is 4. The summed E-state index contributed by atoms with van der Waals surface area (Å²) in [4.78, 5) is 13.7. The molecule has 1 saturated heterocycles. The van der Waals surface area contributed by atoms with Gasteiger partial charge in [0.25, 0.3) is 0 Å². The molecular weight excluding hydrogens is 335 g/mol. The number of hydrogen-bond donors (Lipinski definition) is 0. The summed E-state index contributed by atoms with van der Waals surface area (Å²) in [5.41, 5.74) is 0.0459. The zero-order valence-corrected chi connectivity index (χ0v) is 12.4. The van der Waals surface area contributed by atoms with Crippen LogP contribution in [0.5, 0.6) is 0 Å². The Morgan fingerprint density at radius 2 is 1.90 bits per heavy atom. The van der Waals surface area contributed by atoms with Crippen molar-refractivity contribution in [3.05, 3.63) is 33.8 Å². The summed E-state index contributed by atoms with van der Waals surface area (Å²) in [5.74, 6) is 0.0781. The molecule has 1 heterocycles. The Morgan fingerprint density at radius 3 is 2.45 bits per heavy atom. The van der Waals surface area contributed by atoms with Gasteiger partial charge in [-0.2, -0.15) is 13.2 Å². The van der Waals surface area contributed by atoms with Crippen LogP contribution in [0.25, 0.3) is 0 Å². The first-order valence-corrected chi connectivity index (χ1v) is 7.30. The Labute approximate surface area is 124 Å². The molecule has 0 radical (unpaired) electrons. The van der Waals surface area contributed by atoms with E-state index in [0.29, 0.717) is 17.3 Å². The SMILES string of the molecule is O=C(CCc1ccc(C(F)(F)F)cc1Br)N1CCCC1. The van der Waals surface area contributed by atoms with Crippen LogP contribution in [0.3, 0.4) is 0 Å². The van der Waals surface area contributed by atoms with Crippen molar-refractivity contribution < 1.29 is 18.0 Å². The molecule has 0 saturated carbocycles. The first-order valence-electron chi connectivity index (χ1n) is 6.51. The van der Waals surface area contributed by atoms with E-state index in [1.807, 2.05) is 4.90 Å². The number of nitrogens with zero attached hydrogens (tertiary/aromatic N) is 1. The van der Waals surface area contributed by atoms with Crippen LogP contribution in [0.2, 0.25) is 0 Å². The molecule has 1 aromatic rings. The third-order valence-corrected chi connectivity index (χ3v) is 4.19. The summed E-state index contributed by atoms with van der Waals surface area (Å²) in [6.07, 6.45) is -1.48. The second-order valence-electron chi connectivity index (χ2n) is 4.89. The van der Waals surface area contributed by atoms with Gasteiger partial charge < -0.3 is 4.90 Å². The molecule has 2 nitrogen and oxygen atoms in total. The van der Waals surface area contributed by atoms with Crippen LogP contribution in [-0.4, -0.2) is 23.9 Å². The van der Waals surface area contributed by atoms with Crippen molar-refractivity contribution in [2.45, 2.75) is 31.9 Å². The number of amides is 1. The highest BCUT2D eigenvalue weighted by atomic mass is 79.9. The molecule has 1 aliphatic rings. The number of likely N-dealkylation sites (tertiary alicyclic amines) is 1. The van der Waals surface area contributed by atoms with Gasteiger partial charge in [-0.25, -0.2) is 0 Å². The van der Waals surface area contributed by atoms with Crippen LogP contribution in [-0.2, 0) is 17.4 Å². The van der Waals surface area contributed by atoms with Crippen LogP contribution >= 0.6 is 15.9 Å². The first kappa shape index (κ1) is 15.4. The number of carbonyl (C=O) groups is 1. The lowest BCUT2D eigenvalue weighted by Crippen LogP contribution is -2.27. The molecule has 0 unspecified atom stereocenters. The molecular formula is C14H15BrF3NO. The normalized spacial score (nSPS) is 15.7. The number of hydrogen-bond acceptors (Lipinski definition) is 1. The fourth-order valence-electron chi connectivity index (χ4n) is 2.29. The molecule has 20 heavy (non-hydrogen) atoms. The Balaban J connectivity index is 1.98. The summed E-state index contributed by atoms with van der Waals surface area (Å²) >= 11 is 3.15. The number of aryl methyl sites for hydroxylation is 1. The van der Waals surface area contributed by atoms with Gasteiger partial charge in [-0.1, -0.05) is 22.0 Å². The zero-order valence-electron chi connectivity index (χ0n) is 10.8. The smallest absolute Gasteiger partial charge is 0.343 e. The summed E-state index contributed by atoms with van der Waals surface area (Å²) in [6, 6.07) is 3.56. The van der Waals surface area contributed by atoms with Gasteiger partial charge >= 0.3 is 6.18 Å². The van der Waals surface area contributed by atoms with E-state index >= 15 is 0 Å². The van der Waals surface area contributed by atoms with Gasteiger partial charge in [0.15, 0.2) is 0 Å². The monoisotopic (exact) mass is 349 g/mol. The molecule has 0 spiro atoms. The van der Waals surface area contributed by atoms with Crippen LogP contribution < -0.4 is 0 Å². The molecule has 1 aliphatic heterocycles. The Kier molecular flexibility index (Phi) is 4.73. The molecule has 6 heteroatoms. The van der Waals surface area contributed by atoms with Crippen molar-refractivity contribution in [2.24, 2.45) is 0 Å². The lowest BCUT2D eigenvalue weighted by molar-refractivity contribution is -0.137. The summed E-state index contributed by atoms with van der Waals surface area (Å²) < 4.78 is 38.0. The van der Waals surface area contributed by atoms with Crippen molar-refractivity contribution >= 4 is 21.8 Å². The maximum Gasteiger partial charge on any atom is 0.416 e. The highest BCUT2D eigenvalue weighted by Crippen LogP contribution is 2.32. The van der Waals surface area contributed by atoms with E-state index in [2.05, 4.69) is 15.9 Å². The molecule has 1 amide bonds. The Bertz CT molecular complexity index is 496. The minimum atomic E-state index is -4.34. The molecule has 0 aliphatic carbocycles. The van der Waals surface area contributed by atoms with Gasteiger partial charge in [0, 0.05) is 24.0 Å². The largest absolute Gasteiger partial charge is 0.416 e. The molecule has 1 aromatic carbocycles. The summed E-state index contributed by atoms with van der Waals surface area (Å²) in [7, 11) is 0. The van der Waals surface area contributed by atoms with E-state index in [1.165, 1.54) is 6.07 Å². The molecule has 0 atom stereocenters. The summed E-state index contributed by atoms with van der Waals surface area (Å²) in [5, 5.41) is 0. The second-order valence-corrected chi connectivity index (χ2v) is 5.75. The van der Waals surface area contributed by atoms with Crippen LogP contribution in [0.1, 0.15) is 30.4 Å². The maximum atomic E-state index is 12.5. The molecule has 110 valence electrons. The standard InChI is InChI=1S/C14H15BrF3NO/c15-12-9-11(14(16,17)18)5-3-10(12)4-6-13(20)19-7-1-2-8-19/h3,5,9H,1-2,4,6-8H2. The van der Waals surface area contributed by atoms with Crippen molar-refractivity contribution in [1.29, 1.82) is 0 Å². The quantitative estimate of drug-likeness (QED) is 0.806. The van der Waals surface area contributed by atoms with Crippen molar-refractivity contribution in [3.8, 4) is 0 Å². The Morgan fingerprint density at radius 1 is 1.25 bits per heavy atom. The van der Waals surface area contributed by atoms with Crippen molar-refractivity contribution in [2.75, 3.05) is 13.1 Å². The highest BCUT2D eigenvalue weighted by Gasteiger charge is 2.30. The molecule has 0 bridgehead atoms. The van der Waals surface area contributed by atoms with E-state index in [1.54, 1.807) is 0 Å². The number of alkyl halides is 3. The average Bonchev–Trinajstić information content (AvgIpc) is 2.89. The summed E-state index contributed by atoms with van der Waals surface area (Å²) in [6.45, 7) is 1.60. The first-order chi connectivity index (χ1) is 9.38. The van der Waals surface area contributed by atoms with Gasteiger partial charge in [-0.05, 0) is 37.0 Å². The molecule has 0 N–H and O–H groups in total. The minimum Gasteiger partial charge on any atom is -0.343 e. The fourth-order valence-corrected chi connectivity index (χ4v) is 2.87. The average molecular weight is 350 g/mol. The van der Waals surface area contributed by atoms with Crippen LogP contribution in [0, 0.1) is 0 Å². The van der Waals surface area contributed by atoms with Gasteiger partial charge in [-0.15, -0.1) is 0 Å². The molecule has 1 fully saturated rings. The zero-order chi connectivity index (χ0) is 14.8. The minimum absolute atomic E-state index is 0.0781. The van der Waals surface area contributed by atoms with Crippen molar-refractivity contribution in [3.63, 3.8) is 0 Å². The fraction of sp³-hybridized carbons (Fsp3) is 0.500. The van der Waals surface area contributed by atoms with E-state index in [4.69, 9.17) is 0 Å². The van der Waals surface area contributed by atoms with E-state index in [-0.39, 0.29) is 5.91 Å². The van der Waals surface area contributed by atoms with Gasteiger partial charge in [0.2, 0.25) is 5.91 Å². The van der Waals surface area contributed by atoms with Crippen LogP contribution in [0.15, 0.2) is 22.7 Å². The predicted octanol–water partition coefficient (Wildman–Crippen LogP) is 4.02. The second kappa shape index (κ2) is 6.16. The number of rotatable bonds is 3. The van der Waals surface area contributed by atoms with E-state index < -0.39 is 11.7 Å². The third kappa shape index (κ3) is 3.75. The number of carbonyl (C=O) groups excluding carboxylic acids is 1. The number of benzene rings is 1. The van der Waals surface area contributed by atoms with E-state index in [9.17, 15) is 18.0 Å². The lowest BCUT2D eigenvalue weighted by Gasteiger charge is -2.15. The molecule has 0 aromatic heterocycles. The van der Waals surface area contributed by atoms with Gasteiger partial charge in [0.05, 0.1) is 5.56 Å². The van der Waals surface area contributed by atoms with E-state index in [0.717, 1.165) is 43.6 Å². The predicted molar refractivity (Wildman–Crippen MR) is 73.3 cm³/mol. The third-order valence-electron chi connectivity index (χ3n) is 3.45. The Hall–Kier alpha value is -1.04. The van der Waals surface area contributed by atoms with Crippen LogP contribution in [0.4, 0.5) is 13.2 Å². The maximum absolute atomic E-state index is 12.5. The van der Waals surface area contributed by atoms with Gasteiger partial charge in [0.1, 0.15) is 0 Å².